The molecule has 0 aliphatic heterocycles. The molecular weight excluding hydrogens is 839 g/mol. The zero-order valence-corrected chi connectivity index (χ0v) is 46.3. The molecule has 0 aromatic heterocycles. The number of aliphatic hydroxyl groups is 2. The number of allylic oxidation sites excluding steroid dienone is 2. The van der Waals surface area contributed by atoms with Crippen molar-refractivity contribution in [3.8, 4) is 0 Å². The van der Waals surface area contributed by atoms with Crippen LogP contribution in [0.1, 0.15) is 348 Å². The molecule has 3 unspecified atom stereocenters. The van der Waals surface area contributed by atoms with Gasteiger partial charge < -0.3 is 20.3 Å². The van der Waals surface area contributed by atoms with Crippen molar-refractivity contribution in [2.45, 2.75) is 366 Å². The summed E-state index contributed by atoms with van der Waals surface area (Å²) in [4.78, 5) is 26.3. The van der Waals surface area contributed by atoms with Crippen LogP contribution in [-0.4, -0.2) is 46.9 Å². The number of carbonyl (C=O) groups excluding carboxylic acids is 2. The number of esters is 1. The van der Waals surface area contributed by atoms with Crippen LogP contribution in [0.2, 0.25) is 0 Å². The average molecular weight is 961 g/mol. The van der Waals surface area contributed by atoms with Crippen LogP contribution in [-0.2, 0) is 14.3 Å². The van der Waals surface area contributed by atoms with Gasteiger partial charge in [-0.1, -0.05) is 296 Å². The lowest BCUT2D eigenvalue weighted by atomic mass is 10.0. The lowest BCUT2D eigenvalue weighted by Crippen LogP contribution is -2.46. The molecule has 0 aliphatic carbocycles. The zero-order chi connectivity index (χ0) is 49.5. The summed E-state index contributed by atoms with van der Waals surface area (Å²) in [6, 6.07) is -0.698. The van der Waals surface area contributed by atoms with Gasteiger partial charge in [0, 0.05) is 6.42 Å². The third kappa shape index (κ3) is 51.0. The summed E-state index contributed by atoms with van der Waals surface area (Å²) in [6.07, 6.45) is 65.7. The van der Waals surface area contributed by atoms with Crippen LogP contribution < -0.4 is 5.32 Å². The second kappa shape index (κ2) is 56.5. The molecule has 0 aromatic carbocycles. The van der Waals surface area contributed by atoms with Gasteiger partial charge in [0.2, 0.25) is 5.91 Å². The Morgan fingerprint density at radius 3 is 1.04 bits per heavy atom. The maximum Gasteiger partial charge on any atom is 0.306 e. The van der Waals surface area contributed by atoms with Gasteiger partial charge >= 0.3 is 5.97 Å². The fourth-order valence-corrected chi connectivity index (χ4v) is 9.90. The molecule has 0 aliphatic rings. The van der Waals surface area contributed by atoms with E-state index in [-0.39, 0.29) is 24.9 Å². The van der Waals surface area contributed by atoms with E-state index in [1.807, 2.05) is 0 Å². The van der Waals surface area contributed by atoms with Crippen LogP contribution in [0.3, 0.4) is 0 Å². The number of hydrogen-bond donors (Lipinski definition) is 3. The first-order chi connectivity index (χ1) is 33.5. The number of hydrogen-bond acceptors (Lipinski definition) is 5. The van der Waals surface area contributed by atoms with Gasteiger partial charge in [0.05, 0.1) is 25.2 Å². The Bertz CT molecular complexity index is 1030. The van der Waals surface area contributed by atoms with Gasteiger partial charge in [-0.15, -0.1) is 0 Å². The summed E-state index contributed by atoms with van der Waals surface area (Å²) in [5.74, 6) is -0.452. The Balaban J connectivity index is 4.49. The van der Waals surface area contributed by atoms with E-state index in [0.29, 0.717) is 19.3 Å². The van der Waals surface area contributed by atoms with Crippen LogP contribution in [0.15, 0.2) is 12.2 Å². The Labute approximate surface area is 425 Å². The standard InChI is InChI=1S/C62H121NO5/c1-4-7-10-13-16-19-22-25-28-30-33-35-38-41-44-47-50-53-58(68-62(67)55-52-49-46-43-40-37-32-27-24-21-18-15-12-9-6-3)56-61(66)63-59(57-64)60(65)54-51-48-45-42-39-36-34-31-29-26-23-20-17-14-11-8-5-2/h25,28,58-60,64-65H,4-24,26-27,29-57H2,1-3H3,(H,63,66)/b28-25+. The molecule has 6 nitrogen and oxygen atoms in total. The van der Waals surface area contributed by atoms with Crippen molar-refractivity contribution in [2.75, 3.05) is 6.61 Å². The monoisotopic (exact) mass is 960 g/mol. The van der Waals surface area contributed by atoms with Crippen molar-refractivity contribution in [3.05, 3.63) is 12.2 Å². The van der Waals surface area contributed by atoms with E-state index in [0.717, 1.165) is 51.4 Å². The zero-order valence-electron chi connectivity index (χ0n) is 46.3. The van der Waals surface area contributed by atoms with E-state index in [1.165, 1.54) is 250 Å². The summed E-state index contributed by atoms with van der Waals surface area (Å²) < 4.78 is 5.98. The Morgan fingerprint density at radius 1 is 0.412 bits per heavy atom. The number of carbonyl (C=O) groups is 2. The Hall–Kier alpha value is -1.40. The second-order valence-corrected chi connectivity index (χ2v) is 21.5. The molecule has 3 atom stereocenters. The molecule has 0 saturated heterocycles. The minimum absolute atomic E-state index is 0.0827. The Kier molecular flexibility index (Phi) is 55.3. The highest BCUT2D eigenvalue weighted by atomic mass is 16.5. The van der Waals surface area contributed by atoms with Crippen LogP contribution >= 0.6 is 0 Å². The van der Waals surface area contributed by atoms with Crippen molar-refractivity contribution in [2.24, 2.45) is 0 Å². The predicted octanol–water partition coefficient (Wildman–Crippen LogP) is 19.2. The van der Waals surface area contributed by atoms with Gasteiger partial charge in [0.1, 0.15) is 6.10 Å². The third-order valence-electron chi connectivity index (χ3n) is 14.6. The first kappa shape index (κ1) is 66.6. The molecule has 0 saturated carbocycles. The first-order valence-electron chi connectivity index (χ1n) is 30.9. The highest BCUT2D eigenvalue weighted by Gasteiger charge is 2.24. The van der Waals surface area contributed by atoms with E-state index in [4.69, 9.17) is 4.74 Å². The fraction of sp³-hybridized carbons (Fsp3) is 0.935. The molecule has 6 heteroatoms. The van der Waals surface area contributed by atoms with Crippen LogP contribution in [0.25, 0.3) is 0 Å². The molecule has 1 amide bonds. The van der Waals surface area contributed by atoms with E-state index in [2.05, 4.69) is 38.2 Å². The molecule has 0 rings (SSSR count). The number of aliphatic hydroxyl groups excluding tert-OH is 2. The molecule has 68 heavy (non-hydrogen) atoms. The van der Waals surface area contributed by atoms with Crippen molar-refractivity contribution in [1.29, 1.82) is 0 Å². The number of nitrogens with one attached hydrogen (secondary N) is 1. The van der Waals surface area contributed by atoms with E-state index in [1.54, 1.807) is 0 Å². The minimum atomic E-state index is -0.785. The topological polar surface area (TPSA) is 95.9 Å². The first-order valence-corrected chi connectivity index (χ1v) is 30.9. The lowest BCUT2D eigenvalue weighted by molar-refractivity contribution is -0.151. The van der Waals surface area contributed by atoms with Gasteiger partial charge in [0.25, 0.3) is 0 Å². The van der Waals surface area contributed by atoms with Gasteiger partial charge in [-0.3, -0.25) is 9.59 Å². The van der Waals surface area contributed by atoms with Crippen molar-refractivity contribution >= 4 is 11.9 Å². The highest BCUT2D eigenvalue weighted by molar-refractivity contribution is 5.77. The second-order valence-electron chi connectivity index (χ2n) is 21.5. The number of ether oxygens (including phenoxy) is 1. The average Bonchev–Trinajstić information content (AvgIpc) is 3.33. The minimum Gasteiger partial charge on any atom is -0.462 e. The molecule has 0 fully saturated rings. The van der Waals surface area contributed by atoms with Gasteiger partial charge in [-0.2, -0.15) is 0 Å². The van der Waals surface area contributed by atoms with E-state index >= 15 is 0 Å². The molecular formula is C62H121NO5. The molecule has 0 spiro atoms. The van der Waals surface area contributed by atoms with Gasteiger partial charge in [0.15, 0.2) is 0 Å². The highest BCUT2D eigenvalue weighted by Crippen LogP contribution is 2.19. The molecule has 0 bridgehead atoms. The quantitative estimate of drug-likeness (QED) is 0.0321. The van der Waals surface area contributed by atoms with Crippen molar-refractivity contribution < 1.29 is 24.5 Å². The van der Waals surface area contributed by atoms with Crippen molar-refractivity contribution in [3.63, 3.8) is 0 Å². The molecule has 3 N–H and O–H groups in total. The number of amides is 1. The summed E-state index contributed by atoms with van der Waals surface area (Å²) in [7, 11) is 0. The summed E-state index contributed by atoms with van der Waals surface area (Å²) >= 11 is 0. The summed E-state index contributed by atoms with van der Waals surface area (Å²) in [5, 5.41) is 24.0. The van der Waals surface area contributed by atoms with Crippen LogP contribution in [0.5, 0.6) is 0 Å². The molecule has 0 aromatic rings. The van der Waals surface area contributed by atoms with Gasteiger partial charge in [-0.05, 0) is 51.4 Å². The maximum atomic E-state index is 13.3. The molecule has 404 valence electrons. The van der Waals surface area contributed by atoms with Crippen molar-refractivity contribution in [1.82, 2.24) is 5.32 Å². The lowest BCUT2D eigenvalue weighted by Gasteiger charge is -2.24. The SMILES string of the molecule is CCCCCCCC/C=C/CCCCCCCCCC(CC(=O)NC(CO)C(O)CCCCCCCCCCCCCCCCCCC)OC(=O)CCCCCCCCCCCCCCCCC. The molecule has 0 heterocycles. The van der Waals surface area contributed by atoms with Gasteiger partial charge in [-0.25, -0.2) is 0 Å². The number of rotatable bonds is 57. The largest absolute Gasteiger partial charge is 0.462 e. The fourth-order valence-electron chi connectivity index (χ4n) is 9.90. The third-order valence-corrected chi connectivity index (χ3v) is 14.6. The summed E-state index contributed by atoms with van der Waals surface area (Å²) in [5.41, 5.74) is 0. The number of unbranched alkanes of at least 4 members (excludes halogenated alkanes) is 43. The van der Waals surface area contributed by atoms with Crippen LogP contribution in [0.4, 0.5) is 0 Å². The van der Waals surface area contributed by atoms with E-state index < -0.39 is 18.2 Å². The summed E-state index contributed by atoms with van der Waals surface area (Å²) in [6.45, 7) is 6.54. The van der Waals surface area contributed by atoms with E-state index in [9.17, 15) is 19.8 Å². The maximum absolute atomic E-state index is 13.3. The normalized spacial score (nSPS) is 13.1. The molecule has 0 radical (unpaired) electrons. The predicted molar refractivity (Wildman–Crippen MR) is 297 cm³/mol. The Morgan fingerprint density at radius 2 is 0.706 bits per heavy atom. The smallest absolute Gasteiger partial charge is 0.306 e. The van der Waals surface area contributed by atoms with Crippen LogP contribution in [0, 0.1) is 0 Å².